The molecule has 92 valence electrons. The van der Waals surface area contributed by atoms with E-state index in [0.29, 0.717) is 12.1 Å². The van der Waals surface area contributed by atoms with Crippen molar-refractivity contribution in [3.63, 3.8) is 0 Å². The molecular weight excluding hydrogens is 221 g/mol. The molecule has 1 aromatic carbocycles. The molecule has 1 amide bonds. The average molecular weight is 237 g/mol. The fourth-order valence-electron chi connectivity index (χ4n) is 1.91. The van der Waals surface area contributed by atoms with Gasteiger partial charge in [-0.05, 0) is 24.5 Å². The highest BCUT2D eigenvalue weighted by Crippen LogP contribution is 2.27. The number of carbonyl (C=O) groups excluding carboxylic acids is 1. The molecule has 0 unspecified atom stereocenters. The van der Waals surface area contributed by atoms with Crippen LogP contribution in [0.1, 0.15) is 18.4 Å². The summed E-state index contributed by atoms with van der Waals surface area (Å²) in [7, 11) is 0. The second-order valence-electron chi connectivity index (χ2n) is 4.31. The zero-order valence-corrected chi connectivity index (χ0v) is 9.60. The smallest absolute Gasteiger partial charge is 0.227 e. The van der Waals surface area contributed by atoms with Gasteiger partial charge in [0.1, 0.15) is 5.82 Å². The van der Waals surface area contributed by atoms with Gasteiger partial charge in [0, 0.05) is 12.6 Å². The number of aliphatic hydroxyl groups is 1. The van der Waals surface area contributed by atoms with Crippen molar-refractivity contribution < 1.29 is 14.3 Å². The zero-order chi connectivity index (χ0) is 12.3. The lowest BCUT2D eigenvalue weighted by atomic mass is 10.1. The minimum Gasteiger partial charge on any atom is -0.395 e. The van der Waals surface area contributed by atoms with Crippen molar-refractivity contribution >= 4 is 5.91 Å². The maximum absolute atomic E-state index is 13.4. The molecule has 1 aliphatic carbocycles. The molecule has 0 radical (unpaired) electrons. The molecule has 0 heterocycles. The van der Waals surface area contributed by atoms with E-state index in [1.54, 1.807) is 23.1 Å². The largest absolute Gasteiger partial charge is 0.395 e. The van der Waals surface area contributed by atoms with E-state index in [4.69, 9.17) is 5.11 Å². The summed E-state index contributed by atoms with van der Waals surface area (Å²) in [6, 6.07) is 6.56. The molecular formula is C13H16FNO2. The lowest BCUT2D eigenvalue weighted by molar-refractivity contribution is -0.131. The zero-order valence-electron chi connectivity index (χ0n) is 9.60. The molecule has 1 aromatic rings. The van der Waals surface area contributed by atoms with Gasteiger partial charge in [-0.1, -0.05) is 18.2 Å². The van der Waals surface area contributed by atoms with Crippen LogP contribution in [-0.2, 0) is 11.2 Å². The van der Waals surface area contributed by atoms with Gasteiger partial charge in [-0.15, -0.1) is 0 Å². The van der Waals surface area contributed by atoms with Crippen LogP contribution in [-0.4, -0.2) is 35.1 Å². The molecule has 0 bridgehead atoms. The number of rotatable bonds is 5. The molecule has 1 fully saturated rings. The molecule has 4 heteroatoms. The fraction of sp³-hybridized carbons (Fsp3) is 0.462. The number of halogens is 1. The van der Waals surface area contributed by atoms with Crippen molar-refractivity contribution in [3.8, 4) is 0 Å². The summed E-state index contributed by atoms with van der Waals surface area (Å²) in [5.41, 5.74) is 0.418. The molecule has 1 saturated carbocycles. The Kier molecular flexibility index (Phi) is 3.74. The van der Waals surface area contributed by atoms with Crippen LogP contribution in [0.2, 0.25) is 0 Å². The van der Waals surface area contributed by atoms with Gasteiger partial charge in [0.15, 0.2) is 0 Å². The number of hydrogen-bond acceptors (Lipinski definition) is 2. The molecule has 0 spiro atoms. The predicted octanol–water partition coefficient (Wildman–Crippen LogP) is 1.35. The fourth-order valence-corrected chi connectivity index (χ4v) is 1.91. The molecule has 0 aliphatic heterocycles. The highest BCUT2D eigenvalue weighted by Gasteiger charge is 2.32. The maximum atomic E-state index is 13.4. The van der Waals surface area contributed by atoms with Crippen molar-refractivity contribution in [3.05, 3.63) is 35.6 Å². The Balaban J connectivity index is 2.02. The summed E-state index contributed by atoms with van der Waals surface area (Å²) in [5.74, 6) is -0.452. The van der Waals surface area contributed by atoms with Crippen LogP contribution >= 0.6 is 0 Å². The lowest BCUT2D eigenvalue weighted by Gasteiger charge is -2.21. The van der Waals surface area contributed by atoms with E-state index in [0.717, 1.165) is 12.8 Å². The number of aliphatic hydroxyl groups excluding tert-OH is 1. The first-order valence-corrected chi connectivity index (χ1v) is 5.86. The number of carbonyl (C=O) groups is 1. The second-order valence-corrected chi connectivity index (χ2v) is 4.31. The van der Waals surface area contributed by atoms with Crippen LogP contribution in [0.4, 0.5) is 4.39 Å². The van der Waals surface area contributed by atoms with Gasteiger partial charge < -0.3 is 10.0 Å². The summed E-state index contributed by atoms with van der Waals surface area (Å²) >= 11 is 0. The van der Waals surface area contributed by atoms with Gasteiger partial charge in [0.05, 0.1) is 13.0 Å². The van der Waals surface area contributed by atoms with E-state index >= 15 is 0 Å². The number of amides is 1. The first-order chi connectivity index (χ1) is 8.22. The SMILES string of the molecule is O=C(Cc1ccccc1F)N(CCO)C1CC1. The molecule has 2 rings (SSSR count). The van der Waals surface area contributed by atoms with Gasteiger partial charge in [0.25, 0.3) is 0 Å². The maximum Gasteiger partial charge on any atom is 0.227 e. The molecule has 3 nitrogen and oxygen atoms in total. The van der Waals surface area contributed by atoms with Crippen molar-refractivity contribution in [1.29, 1.82) is 0 Å². The van der Waals surface area contributed by atoms with Crippen LogP contribution in [0, 0.1) is 5.82 Å². The van der Waals surface area contributed by atoms with Crippen molar-refractivity contribution in [1.82, 2.24) is 4.90 Å². The Labute approximate surface area is 99.9 Å². The molecule has 0 atom stereocenters. The Hall–Kier alpha value is -1.42. The number of hydrogen-bond donors (Lipinski definition) is 1. The third kappa shape index (κ3) is 3.03. The molecule has 0 aromatic heterocycles. The lowest BCUT2D eigenvalue weighted by Crippen LogP contribution is -2.36. The molecule has 0 saturated heterocycles. The third-order valence-electron chi connectivity index (χ3n) is 2.95. The Morgan fingerprint density at radius 1 is 1.41 bits per heavy atom. The van der Waals surface area contributed by atoms with Gasteiger partial charge in [0.2, 0.25) is 5.91 Å². The van der Waals surface area contributed by atoms with Crippen molar-refractivity contribution in [2.24, 2.45) is 0 Å². The van der Waals surface area contributed by atoms with E-state index in [1.807, 2.05) is 0 Å². The minimum atomic E-state index is -0.347. The summed E-state index contributed by atoms with van der Waals surface area (Å²) in [6.07, 6.45) is 2.05. The van der Waals surface area contributed by atoms with Crippen LogP contribution in [0.3, 0.4) is 0 Å². The van der Waals surface area contributed by atoms with Gasteiger partial charge in [-0.3, -0.25) is 4.79 Å². The Bertz CT molecular complexity index is 404. The first-order valence-electron chi connectivity index (χ1n) is 5.86. The Morgan fingerprint density at radius 3 is 2.71 bits per heavy atom. The normalized spacial score (nSPS) is 14.7. The molecule has 1 aliphatic rings. The van der Waals surface area contributed by atoms with E-state index in [2.05, 4.69) is 0 Å². The quantitative estimate of drug-likeness (QED) is 0.839. The van der Waals surface area contributed by atoms with E-state index in [-0.39, 0.29) is 30.8 Å². The van der Waals surface area contributed by atoms with Crippen LogP contribution in [0.25, 0.3) is 0 Å². The summed E-state index contributed by atoms with van der Waals surface area (Å²) in [4.78, 5) is 13.6. The van der Waals surface area contributed by atoms with Crippen molar-refractivity contribution in [2.75, 3.05) is 13.2 Å². The van der Waals surface area contributed by atoms with Gasteiger partial charge >= 0.3 is 0 Å². The summed E-state index contributed by atoms with van der Waals surface area (Å²) < 4.78 is 13.4. The highest BCUT2D eigenvalue weighted by atomic mass is 19.1. The molecule has 17 heavy (non-hydrogen) atoms. The second kappa shape index (κ2) is 5.27. The predicted molar refractivity (Wildman–Crippen MR) is 61.9 cm³/mol. The number of nitrogens with zero attached hydrogens (tertiary/aromatic N) is 1. The number of benzene rings is 1. The van der Waals surface area contributed by atoms with Gasteiger partial charge in [-0.25, -0.2) is 4.39 Å². The van der Waals surface area contributed by atoms with Crippen LogP contribution < -0.4 is 0 Å². The van der Waals surface area contributed by atoms with Crippen LogP contribution in [0.5, 0.6) is 0 Å². The average Bonchev–Trinajstić information content (AvgIpc) is 3.13. The Morgan fingerprint density at radius 2 is 2.12 bits per heavy atom. The van der Waals surface area contributed by atoms with E-state index in [9.17, 15) is 9.18 Å². The summed E-state index contributed by atoms with van der Waals surface area (Å²) in [6.45, 7) is 0.303. The van der Waals surface area contributed by atoms with E-state index in [1.165, 1.54) is 6.07 Å². The first kappa shape index (κ1) is 12.0. The van der Waals surface area contributed by atoms with Crippen molar-refractivity contribution in [2.45, 2.75) is 25.3 Å². The van der Waals surface area contributed by atoms with Crippen LogP contribution in [0.15, 0.2) is 24.3 Å². The summed E-state index contributed by atoms with van der Waals surface area (Å²) in [5, 5.41) is 8.91. The monoisotopic (exact) mass is 237 g/mol. The molecule has 1 N–H and O–H groups in total. The highest BCUT2D eigenvalue weighted by molar-refractivity contribution is 5.79. The van der Waals surface area contributed by atoms with E-state index < -0.39 is 0 Å². The standard InChI is InChI=1S/C13H16FNO2/c14-12-4-2-1-3-10(12)9-13(17)15(7-8-16)11-5-6-11/h1-4,11,16H,5-9H2. The topological polar surface area (TPSA) is 40.5 Å². The van der Waals surface area contributed by atoms with Gasteiger partial charge in [-0.2, -0.15) is 0 Å². The third-order valence-corrected chi connectivity index (χ3v) is 2.95. The minimum absolute atomic E-state index is 0.0422.